The number of ether oxygens (including phenoxy) is 4. The molecule has 0 bridgehead atoms. The van der Waals surface area contributed by atoms with Crippen molar-refractivity contribution in [2.75, 3.05) is 19.8 Å². The van der Waals surface area contributed by atoms with Crippen molar-refractivity contribution in [3.8, 4) is 0 Å². The minimum Gasteiger partial charge on any atom is -0.463 e. The molecule has 0 aliphatic rings. The lowest BCUT2D eigenvalue weighted by atomic mass is 9.97. The molecular weight excluding hydrogens is 368 g/mol. The molecule has 5 heteroatoms. The highest BCUT2D eigenvalue weighted by molar-refractivity contribution is 5.69. The van der Waals surface area contributed by atoms with Crippen molar-refractivity contribution in [3.63, 3.8) is 0 Å². The van der Waals surface area contributed by atoms with Gasteiger partial charge in [-0.2, -0.15) is 0 Å². The highest BCUT2D eigenvalue weighted by Gasteiger charge is 2.15. The zero-order valence-electron chi connectivity index (χ0n) is 18.9. The van der Waals surface area contributed by atoms with Crippen LogP contribution in [-0.2, 0) is 30.3 Å². The Kier molecular flexibility index (Phi) is 13.6. The molecule has 0 saturated heterocycles. The summed E-state index contributed by atoms with van der Waals surface area (Å²) in [6.07, 6.45) is 3.48. The largest absolute Gasteiger partial charge is 0.463 e. The van der Waals surface area contributed by atoms with Crippen LogP contribution in [0.4, 0.5) is 0 Å². The van der Waals surface area contributed by atoms with Crippen LogP contribution >= 0.6 is 0 Å². The molecule has 29 heavy (non-hydrogen) atoms. The molecule has 0 spiro atoms. The fraction of sp³-hybridized carbons (Fsp3) is 0.708. The monoisotopic (exact) mass is 408 g/mol. The number of rotatable bonds is 16. The quantitative estimate of drug-likeness (QED) is 0.354. The van der Waals surface area contributed by atoms with Gasteiger partial charge in [0.15, 0.2) is 0 Å². The van der Waals surface area contributed by atoms with Gasteiger partial charge in [0, 0.05) is 6.42 Å². The first kappa shape index (κ1) is 25.6. The van der Waals surface area contributed by atoms with Crippen molar-refractivity contribution < 1.29 is 23.7 Å². The van der Waals surface area contributed by atoms with Crippen LogP contribution in [0.2, 0.25) is 0 Å². The molecule has 0 amide bonds. The van der Waals surface area contributed by atoms with E-state index in [9.17, 15) is 4.79 Å². The third kappa shape index (κ3) is 12.7. The molecule has 0 fully saturated rings. The summed E-state index contributed by atoms with van der Waals surface area (Å²) in [6, 6.07) is 10.1. The van der Waals surface area contributed by atoms with E-state index >= 15 is 0 Å². The van der Waals surface area contributed by atoms with Gasteiger partial charge in [0.05, 0.1) is 38.1 Å². The van der Waals surface area contributed by atoms with E-state index in [-0.39, 0.29) is 30.9 Å². The number of carbonyl (C=O) groups is 1. The molecule has 0 aromatic heterocycles. The summed E-state index contributed by atoms with van der Waals surface area (Å²) in [6.45, 7) is 12.0. The van der Waals surface area contributed by atoms with Crippen LogP contribution in [0.5, 0.6) is 0 Å². The minimum absolute atomic E-state index is 0.00525. The fourth-order valence-electron chi connectivity index (χ4n) is 2.92. The average molecular weight is 409 g/mol. The van der Waals surface area contributed by atoms with E-state index in [1.165, 1.54) is 0 Å². The van der Waals surface area contributed by atoms with Gasteiger partial charge in [0.25, 0.3) is 0 Å². The molecule has 0 N–H and O–H groups in total. The van der Waals surface area contributed by atoms with Crippen LogP contribution in [0.1, 0.15) is 65.9 Å². The number of carbonyl (C=O) groups excluding carboxylic acids is 1. The smallest absolute Gasteiger partial charge is 0.306 e. The molecule has 1 aromatic carbocycles. The maximum Gasteiger partial charge on any atom is 0.306 e. The van der Waals surface area contributed by atoms with E-state index in [1.54, 1.807) is 0 Å². The number of esters is 1. The van der Waals surface area contributed by atoms with E-state index < -0.39 is 0 Å². The summed E-state index contributed by atoms with van der Waals surface area (Å²) in [7, 11) is 0. The van der Waals surface area contributed by atoms with Gasteiger partial charge in [-0.25, -0.2) is 0 Å². The van der Waals surface area contributed by atoms with Gasteiger partial charge >= 0.3 is 5.97 Å². The third-order valence-corrected chi connectivity index (χ3v) is 4.82. The third-order valence-electron chi connectivity index (χ3n) is 4.82. The lowest BCUT2D eigenvalue weighted by Gasteiger charge is -2.20. The predicted molar refractivity (Wildman–Crippen MR) is 116 cm³/mol. The van der Waals surface area contributed by atoms with Gasteiger partial charge in [-0.05, 0) is 32.3 Å². The molecule has 0 heterocycles. The second-order valence-electron chi connectivity index (χ2n) is 7.85. The molecule has 5 nitrogen and oxygen atoms in total. The van der Waals surface area contributed by atoms with Crippen LogP contribution in [-0.4, -0.2) is 44.1 Å². The summed E-state index contributed by atoms with van der Waals surface area (Å²) in [5, 5.41) is 0. The first-order chi connectivity index (χ1) is 13.9. The molecule has 0 saturated carbocycles. The Hall–Kier alpha value is -1.43. The van der Waals surface area contributed by atoms with Crippen molar-refractivity contribution >= 4 is 5.97 Å². The lowest BCUT2D eigenvalue weighted by molar-refractivity contribution is -0.150. The Bertz CT molecular complexity index is 533. The lowest BCUT2D eigenvalue weighted by Crippen LogP contribution is -2.27. The second kappa shape index (κ2) is 15.4. The first-order valence-corrected chi connectivity index (χ1v) is 11.0. The zero-order chi connectivity index (χ0) is 21.5. The summed E-state index contributed by atoms with van der Waals surface area (Å²) in [5.41, 5.74) is 1.15. The standard InChI is InChI=1S/C24H40O5/c1-6-11-22(7-2)14-24(25)29-17-21(5)27-15-19(3)26-16-20(4)28-18-23-12-9-8-10-13-23/h8-10,12-13,19-22H,6-7,11,14-18H2,1-5H3. The summed E-state index contributed by atoms with van der Waals surface area (Å²) in [4.78, 5) is 12.0. The Labute approximate surface area is 177 Å². The van der Waals surface area contributed by atoms with Gasteiger partial charge in [0.2, 0.25) is 0 Å². The van der Waals surface area contributed by atoms with Crippen LogP contribution in [0.3, 0.4) is 0 Å². The number of hydrogen-bond acceptors (Lipinski definition) is 5. The summed E-state index contributed by atoms with van der Waals surface area (Å²) >= 11 is 0. The van der Waals surface area contributed by atoms with E-state index in [0.717, 1.165) is 24.8 Å². The Morgan fingerprint density at radius 3 is 2.03 bits per heavy atom. The van der Waals surface area contributed by atoms with E-state index in [0.29, 0.717) is 32.2 Å². The van der Waals surface area contributed by atoms with Gasteiger partial charge in [0.1, 0.15) is 6.61 Å². The highest BCUT2D eigenvalue weighted by Crippen LogP contribution is 2.16. The van der Waals surface area contributed by atoms with Crippen LogP contribution in [0.15, 0.2) is 30.3 Å². The van der Waals surface area contributed by atoms with Gasteiger partial charge in [-0.1, -0.05) is 63.4 Å². The molecule has 4 unspecified atom stereocenters. The Morgan fingerprint density at radius 2 is 1.45 bits per heavy atom. The van der Waals surface area contributed by atoms with Gasteiger partial charge in [-0.15, -0.1) is 0 Å². The van der Waals surface area contributed by atoms with E-state index in [4.69, 9.17) is 18.9 Å². The van der Waals surface area contributed by atoms with Crippen molar-refractivity contribution in [2.45, 2.75) is 85.2 Å². The maximum atomic E-state index is 12.0. The minimum atomic E-state index is -0.150. The highest BCUT2D eigenvalue weighted by atomic mass is 16.6. The topological polar surface area (TPSA) is 54.0 Å². The zero-order valence-corrected chi connectivity index (χ0v) is 18.9. The molecule has 1 rings (SSSR count). The normalized spacial score (nSPS) is 15.5. The SMILES string of the molecule is CCCC(CC)CC(=O)OCC(C)OCC(C)OCC(C)OCc1ccccc1. The van der Waals surface area contributed by atoms with E-state index in [1.807, 2.05) is 51.1 Å². The molecule has 0 radical (unpaired) electrons. The van der Waals surface area contributed by atoms with Crippen LogP contribution < -0.4 is 0 Å². The maximum absolute atomic E-state index is 12.0. The molecule has 166 valence electrons. The fourth-order valence-corrected chi connectivity index (χ4v) is 2.92. The Morgan fingerprint density at radius 1 is 0.862 bits per heavy atom. The van der Waals surface area contributed by atoms with Crippen LogP contribution in [0, 0.1) is 5.92 Å². The van der Waals surface area contributed by atoms with Crippen LogP contribution in [0.25, 0.3) is 0 Å². The van der Waals surface area contributed by atoms with Crippen molar-refractivity contribution in [1.82, 2.24) is 0 Å². The summed E-state index contributed by atoms with van der Waals surface area (Å²) in [5.74, 6) is 0.290. The van der Waals surface area contributed by atoms with Crippen molar-refractivity contribution in [2.24, 2.45) is 5.92 Å². The van der Waals surface area contributed by atoms with Gasteiger partial charge in [-0.3, -0.25) is 4.79 Å². The molecule has 1 aromatic rings. The second-order valence-corrected chi connectivity index (χ2v) is 7.85. The first-order valence-electron chi connectivity index (χ1n) is 11.0. The molecule has 0 aliphatic heterocycles. The van der Waals surface area contributed by atoms with Gasteiger partial charge < -0.3 is 18.9 Å². The number of benzene rings is 1. The molecule has 0 aliphatic carbocycles. The molecular formula is C24H40O5. The predicted octanol–water partition coefficient (Wildman–Crippen LogP) is 5.16. The van der Waals surface area contributed by atoms with E-state index in [2.05, 4.69) is 13.8 Å². The van der Waals surface area contributed by atoms with Crippen molar-refractivity contribution in [1.29, 1.82) is 0 Å². The summed E-state index contributed by atoms with van der Waals surface area (Å²) < 4.78 is 22.7. The average Bonchev–Trinajstić information content (AvgIpc) is 2.73. The van der Waals surface area contributed by atoms with Crippen molar-refractivity contribution in [3.05, 3.63) is 35.9 Å². The Balaban J connectivity index is 2.12. The molecule has 4 atom stereocenters. The number of hydrogen-bond donors (Lipinski definition) is 0.